The minimum atomic E-state index is -0.0672. The second-order valence-corrected chi connectivity index (χ2v) is 6.24. The Balaban J connectivity index is 1.73. The zero-order valence-corrected chi connectivity index (χ0v) is 14.9. The number of hydrogen-bond acceptors (Lipinski definition) is 3. The van der Waals surface area contributed by atoms with E-state index in [4.69, 9.17) is 0 Å². The highest BCUT2D eigenvalue weighted by molar-refractivity contribution is 6.31. The molecule has 25 heavy (non-hydrogen) atoms. The fourth-order valence-electron chi connectivity index (χ4n) is 3.12. The number of carbonyl (C=O) groups is 1. The van der Waals surface area contributed by atoms with Gasteiger partial charge in [0.05, 0.1) is 5.57 Å². The van der Waals surface area contributed by atoms with Crippen molar-refractivity contribution in [2.45, 2.75) is 26.7 Å². The highest BCUT2D eigenvalue weighted by Gasteiger charge is 2.23. The quantitative estimate of drug-likeness (QED) is 0.720. The van der Waals surface area contributed by atoms with Gasteiger partial charge in [0.2, 0.25) is 0 Å². The van der Waals surface area contributed by atoms with Crippen LogP contribution in [0.15, 0.2) is 54.7 Å². The van der Waals surface area contributed by atoms with Crippen LogP contribution in [0.3, 0.4) is 0 Å². The molecule has 0 saturated carbocycles. The molecule has 1 heterocycles. The first-order chi connectivity index (χ1) is 12.2. The largest absolute Gasteiger partial charge is 0.372 e. The molecule has 130 valence electrons. The number of hydrogen-bond donors (Lipinski definition) is 2. The molecule has 0 unspecified atom stereocenters. The number of nitrogens with zero attached hydrogens (tertiary/aromatic N) is 1. The molecule has 0 bridgehead atoms. The third-order valence-electron chi connectivity index (χ3n) is 4.31. The molecule has 4 nitrogen and oxygen atoms in total. The van der Waals surface area contributed by atoms with E-state index in [2.05, 4.69) is 53.6 Å². The maximum absolute atomic E-state index is 12.1. The number of anilines is 3. The molecular weight excluding hydrogens is 310 g/mol. The van der Waals surface area contributed by atoms with Gasteiger partial charge < -0.3 is 15.5 Å². The highest BCUT2D eigenvalue weighted by Crippen LogP contribution is 2.31. The van der Waals surface area contributed by atoms with Crippen LogP contribution in [0.25, 0.3) is 5.57 Å². The van der Waals surface area contributed by atoms with E-state index in [1.54, 1.807) is 6.20 Å². The van der Waals surface area contributed by atoms with Crippen molar-refractivity contribution in [1.29, 1.82) is 0 Å². The molecule has 4 heteroatoms. The smallest absolute Gasteiger partial charge is 0.257 e. The Morgan fingerprint density at radius 3 is 2.36 bits per heavy atom. The van der Waals surface area contributed by atoms with Crippen LogP contribution in [-0.2, 0) is 4.79 Å². The summed E-state index contributed by atoms with van der Waals surface area (Å²) in [5, 5.41) is 6.13. The van der Waals surface area contributed by atoms with Gasteiger partial charge in [0.1, 0.15) is 0 Å². The van der Waals surface area contributed by atoms with E-state index in [0.29, 0.717) is 5.57 Å². The lowest BCUT2D eigenvalue weighted by atomic mass is 10.1. The maximum Gasteiger partial charge on any atom is 0.257 e. The molecule has 0 fully saturated rings. The van der Waals surface area contributed by atoms with Crippen molar-refractivity contribution >= 4 is 28.5 Å². The third-order valence-corrected chi connectivity index (χ3v) is 4.31. The zero-order chi connectivity index (χ0) is 17.6. The van der Waals surface area contributed by atoms with E-state index < -0.39 is 0 Å². The molecule has 0 aliphatic carbocycles. The van der Waals surface area contributed by atoms with Crippen molar-refractivity contribution in [3.63, 3.8) is 0 Å². The molecule has 3 rings (SSSR count). The number of fused-ring (bicyclic) bond motifs is 1. The van der Waals surface area contributed by atoms with E-state index in [9.17, 15) is 4.79 Å². The number of nitrogens with one attached hydrogen (secondary N) is 2. The van der Waals surface area contributed by atoms with E-state index in [1.165, 1.54) is 5.69 Å². The predicted molar refractivity (Wildman–Crippen MR) is 106 cm³/mol. The summed E-state index contributed by atoms with van der Waals surface area (Å²) in [4.78, 5) is 14.5. The molecule has 2 aromatic rings. The van der Waals surface area contributed by atoms with Crippen molar-refractivity contribution < 1.29 is 4.79 Å². The first kappa shape index (κ1) is 17.1. The normalized spacial score (nSPS) is 14.3. The van der Waals surface area contributed by atoms with Gasteiger partial charge in [-0.05, 0) is 43.2 Å². The van der Waals surface area contributed by atoms with Crippen LogP contribution in [0.5, 0.6) is 0 Å². The van der Waals surface area contributed by atoms with E-state index in [-0.39, 0.29) is 5.91 Å². The molecule has 2 aromatic carbocycles. The Morgan fingerprint density at radius 2 is 1.68 bits per heavy atom. The van der Waals surface area contributed by atoms with E-state index in [1.807, 2.05) is 24.3 Å². The molecule has 1 aliphatic heterocycles. The van der Waals surface area contributed by atoms with Crippen molar-refractivity contribution in [1.82, 2.24) is 0 Å². The van der Waals surface area contributed by atoms with Gasteiger partial charge in [-0.1, -0.05) is 32.0 Å². The molecule has 1 aliphatic rings. The van der Waals surface area contributed by atoms with Crippen LogP contribution in [0.4, 0.5) is 17.1 Å². The summed E-state index contributed by atoms with van der Waals surface area (Å²) < 4.78 is 0. The Kier molecular flexibility index (Phi) is 5.39. The lowest BCUT2D eigenvalue weighted by Gasteiger charge is -2.23. The summed E-state index contributed by atoms with van der Waals surface area (Å²) in [5.41, 5.74) is 4.69. The van der Waals surface area contributed by atoms with Crippen molar-refractivity contribution in [3.8, 4) is 0 Å². The minimum Gasteiger partial charge on any atom is -0.372 e. The summed E-state index contributed by atoms with van der Waals surface area (Å²) in [6, 6.07) is 16.1. The monoisotopic (exact) mass is 335 g/mol. The fraction of sp³-hybridized carbons (Fsp3) is 0.286. The van der Waals surface area contributed by atoms with Crippen LogP contribution in [-0.4, -0.2) is 19.0 Å². The Labute approximate surface area is 149 Å². The zero-order valence-electron chi connectivity index (χ0n) is 14.9. The summed E-state index contributed by atoms with van der Waals surface area (Å²) in [6.07, 6.45) is 4.06. The van der Waals surface area contributed by atoms with E-state index >= 15 is 0 Å². The molecule has 1 amide bonds. The van der Waals surface area contributed by atoms with Gasteiger partial charge in [-0.2, -0.15) is 0 Å². The number of para-hydroxylation sites is 1. The van der Waals surface area contributed by atoms with Gasteiger partial charge in [0.25, 0.3) is 5.91 Å². The summed E-state index contributed by atoms with van der Waals surface area (Å²) in [5.74, 6) is -0.0672. The lowest BCUT2D eigenvalue weighted by molar-refractivity contribution is -0.110. The van der Waals surface area contributed by atoms with Gasteiger partial charge in [-0.15, -0.1) is 0 Å². The Bertz CT molecular complexity index is 759. The molecule has 0 saturated heterocycles. The van der Waals surface area contributed by atoms with Crippen LogP contribution < -0.4 is 15.5 Å². The lowest BCUT2D eigenvalue weighted by Crippen LogP contribution is -2.24. The van der Waals surface area contributed by atoms with Crippen LogP contribution >= 0.6 is 0 Å². The topological polar surface area (TPSA) is 44.4 Å². The van der Waals surface area contributed by atoms with Gasteiger partial charge in [0.15, 0.2) is 0 Å². The standard InChI is InChI=1S/C21H25N3O/c1-3-13-24(14-4-2)17-11-9-16(10-12-17)22-15-19-18-7-5-6-8-20(18)23-21(19)25/h5-12,15,22H,3-4,13-14H2,1-2H3,(H,23,25). The van der Waals surface area contributed by atoms with Crippen LogP contribution in [0.1, 0.15) is 32.3 Å². The average molecular weight is 335 g/mol. The van der Waals surface area contributed by atoms with Gasteiger partial charge in [-0.25, -0.2) is 0 Å². The Morgan fingerprint density at radius 1 is 1.00 bits per heavy atom. The molecule has 0 radical (unpaired) electrons. The summed E-state index contributed by atoms with van der Waals surface area (Å²) >= 11 is 0. The number of benzene rings is 2. The van der Waals surface area contributed by atoms with Crippen molar-refractivity contribution in [3.05, 3.63) is 60.3 Å². The van der Waals surface area contributed by atoms with Crippen molar-refractivity contribution in [2.75, 3.05) is 28.6 Å². The minimum absolute atomic E-state index is 0.0672. The van der Waals surface area contributed by atoms with Gasteiger partial charge >= 0.3 is 0 Å². The highest BCUT2D eigenvalue weighted by atomic mass is 16.2. The fourth-order valence-corrected chi connectivity index (χ4v) is 3.12. The second kappa shape index (κ2) is 7.88. The molecular formula is C21H25N3O. The number of carbonyl (C=O) groups excluding carboxylic acids is 1. The summed E-state index contributed by atoms with van der Waals surface area (Å²) in [6.45, 7) is 6.55. The summed E-state index contributed by atoms with van der Waals surface area (Å²) in [7, 11) is 0. The molecule has 0 aromatic heterocycles. The first-order valence-electron chi connectivity index (χ1n) is 8.95. The second-order valence-electron chi connectivity index (χ2n) is 6.24. The van der Waals surface area contributed by atoms with Gasteiger partial charge in [-0.3, -0.25) is 4.79 Å². The maximum atomic E-state index is 12.1. The average Bonchev–Trinajstić information content (AvgIpc) is 2.95. The first-order valence-corrected chi connectivity index (χ1v) is 8.95. The molecule has 0 spiro atoms. The SMILES string of the molecule is CCCN(CCC)c1ccc(NC=C2C(=O)Nc3ccccc32)cc1. The number of rotatable bonds is 7. The van der Waals surface area contributed by atoms with Gasteiger partial charge in [0, 0.05) is 41.9 Å². The molecule has 0 atom stereocenters. The number of amides is 1. The van der Waals surface area contributed by atoms with Crippen LogP contribution in [0.2, 0.25) is 0 Å². The van der Waals surface area contributed by atoms with E-state index in [0.717, 1.165) is 42.9 Å². The third kappa shape index (κ3) is 3.85. The predicted octanol–water partition coefficient (Wildman–Crippen LogP) is 4.72. The molecule has 2 N–H and O–H groups in total. The van der Waals surface area contributed by atoms with Crippen molar-refractivity contribution in [2.24, 2.45) is 0 Å². The van der Waals surface area contributed by atoms with Crippen LogP contribution in [0, 0.1) is 0 Å². The Hall–Kier alpha value is -2.75.